The summed E-state index contributed by atoms with van der Waals surface area (Å²) < 4.78 is 5.77. The molecule has 18 heavy (non-hydrogen) atoms. The number of pyridine rings is 1. The Morgan fingerprint density at radius 1 is 1.50 bits per heavy atom. The molecule has 1 aromatic heterocycles. The summed E-state index contributed by atoms with van der Waals surface area (Å²) in [7, 11) is 0. The molecule has 3 nitrogen and oxygen atoms in total. The number of aromatic nitrogens is 1. The second-order valence-electron chi connectivity index (χ2n) is 5.15. The maximum atomic E-state index is 5.77. The molecule has 2 unspecified atom stereocenters. The third kappa shape index (κ3) is 3.79. The highest BCUT2D eigenvalue weighted by Crippen LogP contribution is 2.18. The van der Waals surface area contributed by atoms with E-state index in [2.05, 4.69) is 30.2 Å². The first-order valence-electron chi connectivity index (χ1n) is 7.05. The van der Waals surface area contributed by atoms with Gasteiger partial charge in [0.2, 0.25) is 0 Å². The lowest BCUT2D eigenvalue weighted by Gasteiger charge is -2.30. The summed E-state index contributed by atoms with van der Waals surface area (Å²) in [5.74, 6) is 0. The number of nitrogens with zero attached hydrogens (tertiary/aromatic N) is 1. The highest BCUT2D eigenvalue weighted by molar-refractivity contribution is 5.17. The van der Waals surface area contributed by atoms with Gasteiger partial charge < -0.3 is 10.1 Å². The van der Waals surface area contributed by atoms with Crippen LogP contribution in [0.25, 0.3) is 0 Å². The molecular formula is C15H24N2O. The molecule has 2 rings (SSSR count). The van der Waals surface area contributed by atoms with Crippen LogP contribution in [0.15, 0.2) is 18.3 Å². The van der Waals surface area contributed by atoms with Crippen LogP contribution in [0.5, 0.6) is 0 Å². The zero-order valence-corrected chi connectivity index (χ0v) is 11.5. The quantitative estimate of drug-likeness (QED) is 0.870. The van der Waals surface area contributed by atoms with Crippen LogP contribution in [0.3, 0.4) is 0 Å². The molecule has 3 heteroatoms. The van der Waals surface area contributed by atoms with Crippen molar-refractivity contribution in [3.8, 4) is 0 Å². The van der Waals surface area contributed by atoms with Crippen LogP contribution in [0.1, 0.15) is 43.9 Å². The van der Waals surface area contributed by atoms with Gasteiger partial charge in [-0.2, -0.15) is 0 Å². The normalized spacial score (nSPS) is 24.1. The molecule has 100 valence electrons. The second kappa shape index (κ2) is 6.86. The van der Waals surface area contributed by atoms with E-state index in [1.165, 1.54) is 18.4 Å². The van der Waals surface area contributed by atoms with Gasteiger partial charge in [0.1, 0.15) is 0 Å². The lowest BCUT2D eigenvalue weighted by molar-refractivity contribution is -0.00348. The van der Waals surface area contributed by atoms with Gasteiger partial charge >= 0.3 is 0 Å². The highest BCUT2D eigenvalue weighted by Gasteiger charge is 2.21. The molecule has 0 bridgehead atoms. The van der Waals surface area contributed by atoms with Crippen LogP contribution in [-0.4, -0.2) is 23.7 Å². The van der Waals surface area contributed by atoms with E-state index in [0.717, 1.165) is 31.7 Å². The molecule has 1 saturated heterocycles. The fourth-order valence-electron chi connectivity index (χ4n) is 2.53. The van der Waals surface area contributed by atoms with E-state index in [4.69, 9.17) is 4.74 Å². The van der Waals surface area contributed by atoms with Crippen LogP contribution in [0.2, 0.25) is 0 Å². The van der Waals surface area contributed by atoms with E-state index < -0.39 is 0 Å². The van der Waals surface area contributed by atoms with Crippen molar-refractivity contribution in [3.63, 3.8) is 0 Å². The van der Waals surface area contributed by atoms with Crippen molar-refractivity contribution in [1.82, 2.24) is 10.3 Å². The van der Waals surface area contributed by atoms with Crippen LogP contribution in [0.4, 0.5) is 0 Å². The molecule has 1 aliphatic rings. The Morgan fingerprint density at radius 2 is 2.39 bits per heavy atom. The Balaban J connectivity index is 1.81. The highest BCUT2D eigenvalue weighted by atomic mass is 16.5. The molecule has 0 saturated carbocycles. The minimum absolute atomic E-state index is 0.450. The summed E-state index contributed by atoms with van der Waals surface area (Å²) >= 11 is 0. The van der Waals surface area contributed by atoms with Crippen molar-refractivity contribution in [2.24, 2.45) is 0 Å². The van der Waals surface area contributed by atoms with Gasteiger partial charge in [-0.3, -0.25) is 4.98 Å². The van der Waals surface area contributed by atoms with Crippen LogP contribution >= 0.6 is 0 Å². The van der Waals surface area contributed by atoms with E-state index in [0.29, 0.717) is 12.1 Å². The molecule has 1 aliphatic heterocycles. The summed E-state index contributed by atoms with van der Waals surface area (Å²) in [6.07, 6.45) is 6.96. The second-order valence-corrected chi connectivity index (χ2v) is 5.15. The molecule has 0 radical (unpaired) electrons. The largest absolute Gasteiger partial charge is 0.378 e. The third-order valence-corrected chi connectivity index (χ3v) is 3.65. The molecule has 0 aliphatic carbocycles. The van der Waals surface area contributed by atoms with Gasteiger partial charge in [0, 0.05) is 25.4 Å². The van der Waals surface area contributed by atoms with Gasteiger partial charge in [-0.15, -0.1) is 0 Å². The van der Waals surface area contributed by atoms with Crippen LogP contribution in [-0.2, 0) is 11.3 Å². The van der Waals surface area contributed by atoms with Crippen molar-refractivity contribution in [2.75, 3.05) is 6.61 Å². The summed E-state index contributed by atoms with van der Waals surface area (Å²) in [6, 6.07) is 4.69. The van der Waals surface area contributed by atoms with Crippen LogP contribution < -0.4 is 5.32 Å². The van der Waals surface area contributed by atoms with E-state index in [1.54, 1.807) is 0 Å². The average Bonchev–Trinajstić information content (AvgIpc) is 2.39. The Morgan fingerprint density at radius 3 is 3.17 bits per heavy atom. The maximum Gasteiger partial charge on any atom is 0.0589 e. The zero-order valence-electron chi connectivity index (χ0n) is 11.5. The molecular weight excluding hydrogens is 224 g/mol. The van der Waals surface area contributed by atoms with Crippen molar-refractivity contribution in [2.45, 2.75) is 58.2 Å². The standard InChI is InChI=1S/C15H24N2O/c1-3-5-14-10-13(7-9-18-14)17-11-15-12(2)6-4-8-16-15/h4,6,8,13-14,17H,3,5,7,9-11H2,1-2H3. The number of hydrogen-bond donors (Lipinski definition) is 1. The van der Waals surface area contributed by atoms with Crippen molar-refractivity contribution < 1.29 is 4.74 Å². The lowest BCUT2D eigenvalue weighted by atomic mass is 10.00. The number of hydrogen-bond acceptors (Lipinski definition) is 3. The first-order valence-corrected chi connectivity index (χ1v) is 7.05. The topological polar surface area (TPSA) is 34.2 Å². The van der Waals surface area contributed by atoms with E-state index in [9.17, 15) is 0 Å². The Kier molecular flexibility index (Phi) is 5.14. The zero-order chi connectivity index (χ0) is 12.8. The SMILES string of the molecule is CCCC1CC(NCc2ncccc2C)CCO1. The predicted octanol–water partition coefficient (Wildman–Crippen LogP) is 2.83. The molecule has 2 heterocycles. The van der Waals surface area contributed by atoms with Crippen molar-refractivity contribution >= 4 is 0 Å². The van der Waals surface area contributed by atoms with Gasteiger partial charge in [-0.25, -0.2) is 0 Å². The minimum Gasteiger partial charge on any atom is -0.378 e. The molecule has 1 fully saturated rings. The molecule has 0 spiro atoms. The summed E-state index contributed by atoms with van der Waals surface area (Å²) in [5, 5.41) is 3.62. The molecule has 1 N–H and O–H groups in total. The molecule has 0 amide bonds. The molecule has 0 aromatic carbocycles. The fraction of sp³-hybridized carbons (Fsp3) is 0.667. The van der Waals surface area contributed by atoms with Gasteiger partial charge in [0.15, 0.2) is 0 Å². The van der Waals surface area contributed by atoms with E-state index in [-0.39, 0.29) is 0 Å². The summed E-state index contributed by atoms with van der Waals surface area (Å²) in [5.41, 5.74) is 2.43. The lowest BCUT2D eigenvalue weighted by Crippen LogP contribution is -2.38. The Labute approximate surface area is 110 Å². The van der Waals surface area contributed by atoms with E-state index >= 15 is 0 Å². The van der Waals surface area contributed by atoms with Gasteiger partial charge in [0.05, 0.1) is 11.8 Å². The van der Waals surface area contributed by atoms with Crippen LogP contribution in [0, 0.1) is 6.92 Å². The van der Waals surface area contributed by atoms with Gasteiger partial charge in [0.25, 0.3) is 0 Å². The van der Waals surface area contributed by atoms with Gasteiger partial charge in [-0.05, 0) is 37.8 Å². The predicted molar refractivity (Wildman–Crippen MR) is 73.5 cm³/mol. The van der Waals surface area contributed by atoms with Crippen molar-refractivity contribution in [3.05, 3.63) is 29.6 Å². The van der Waals surface area contributed by atoms with Gasteiger partial charge in [-0.1, -0.05) is 19.4 Å². The third-order valence-electron chi connectivity index (χ3n) is 3.65. The summed E-state index contributed by atoms with van der Waals surface area (Å²) in [6.45, 7) is 6.10. The number of aryl methyl sites for hydroxylation is 1. The Hall–Kier alpha value is -0.930. The average molecular weight is 248 g/mol. The fourth-order valence-corrected chi connectivity index (χ4v) is 2.53. The monoisotopic (exact) mass is 248 g/mol. The number of ether oxygens (including phenoxy) is 1. The molecule has 2 atom stereocenters. The number of rotatable bonds is 5. The van der Waals surface area contributed by atoms with Crippen molar-refractivity contribution in [1.29, 1.82) is 0 Å². The number of nitrogens with one attached hydrogen (secondary N) is 1. The smallest absolute Gasteiger partial charge is 0.0589 e. The first-order chi connectivity index (χ1) is 8.79. The molecule has 1 aromatic rings. The van der Waals surface area contributed by atoms with E-state index in [1.807, 2.05) is 12.3 Å². The minimum atomic E-state index is 0.450. The first kappa shape index (κ1) is 13.5. The maximum absolute atomic E-state index is 5.77. The summed E-state index contributed by atoms with van der Waals surface area (Å²) in [4.78, 5) is 4.42. The Bertz CT molecular complexity index is 365.